The van der Waals surface area contributed by atoms with Gasteiger partial charge in [-0.2, -0.15) is 15.6 Å². The van der Waals surface area contributed by atoms with Crippen LogP contribution in [0.3, 0.4) is 0 Å². The molecule has 0 radical (unpaired) electrons. The van der Waals surface area contributed by atoms with E-state index in [9.17, 15) is 9.59 Å². The predicted octanol–water partition coefficient (Wildman–Crippen LogP) is -5.66. The maximum absolute atomic E-state index is 11.3. The first-order chi connectivity index (χ1) is 9.46. The van der Waals surface area contributed by atoms with E-state index in [1.54, 1.807) is 0 Å². The van der Waals surface area contributed by atoms with Crippen LogP contribution in [0.1, 0.15) is 26.7 Å². The Morgan fingerprint density at radius 1 is 0.920 bits per heavy atom. The van der Waals surface area contributed by atoms with Crippen LogP contribution in [0.4, 0.5) is 4.79 Å². The molecular formula is C7H13BrCa3N2O10P2. The second-order valence-electron chi connectivity index (χ2n) is 3.39. The number of carbonyl (C=O) groups excluding carboxylic acids is 2. The van der Waals surface area contributed by atoms with Gasteiger partial charge in [0.1, 0.15) is 4.32 Å². The molecule has 18 heteroatoms. The van der Waals surface area contributed by atoms with E-state index in [-0.39, 0.29) is 119 Å². The monoisotopic (exact) mass is 546 g/mol. The summed E-state index contributed by atoms with van der Waals surface area (Å²) in [5, 5.41) is 2.04. The van der Waals surface area contributed by atoms with Crippen LogP contribution in [-0.2, 0) is 13.9 Å². The van der Waals surface area contributed by atoms with Gasteiger partial charge in [-0.05, 0) is 12.8 Å². The van der Waals surface area contributed by atoms with Gasteiger partial charge in [-0.15, -0.1) is 0 Å². The van der Waals surface area contributed by atoms with E-state index in [2.05, 4.69) is 15.9 Å². The van der Waals surface area contributed by atoms with E-state index in [4.69, 9.17) is 44.2 Å². The normalized spacial score (nSPS) is 9.96. The summed E-state index contributed by atoms with van der Waals surface area (Å²) in [6.45, 7) is 3.72. The van der Waals surface area contributed by atoms with Crippen LogP contribution in [-0.4, -0.2) is 129 Å². The Morgan fingerprint density at radius 2 is 1.12 bits per heavy atom. The van der Waals surface area contributed by atoms with E-state index in [0.29, 0.717) is 12.8 Å². The second-order valence-corrected chi connectivity index (χ2v) is 6.69. The number of nitrogens with one attached hydrogen (secondary N) is 1. The summed E-state index contributed by atoms with van der Waals surface area (Å²) >= 11 is 3.26. The van der Waals surface area contributed by atoms with Crippen LogP contribution < -0.4 is 40.4 Å². The van der Waals surface area contributed by atoms with E-state index >= 15 is 0 Å². The summed E-state index contributed by atoms with van der Waals surface area (Å²) in [5.74, 6) is -0.375. The molecule has 0 aliphatic carbocycles. The van der Waals surface area contributed by atoms with Crippen LogP contribution in [0.15, 0.2) is 0 Å². The minimum atomic E-state index is -5.39. The molecule has 0 aliphatic heterocycles. The zero-order chi connectivity index (χ0) is 18.8. The Hall–Kier alpha value is 3.42. The maximum atomic E-state index is 11.3. The Kier molecular flexibility index (Phi) is 35.2. The summed E-state index contributed by atoms with van der Waals surface area (Å²) < 4.78 is 16.4. The molecule has 0 saturated carbocycles. The van der Waals surface area contributed by atoms with Crippen LogP contribution in [0.5, 0.6) is 0 Å². The van der Waals surface area contributed by atoms with Crippen molar-refractivity contribution in [3.63, 3.8) is 0 Å². The van der Waals surface area contributed by atoms with E-state index < -0.39 is 26.0 Å². The molecule has 25 heavy (non-hydrogen) atoms. The Balaban J connectivity index is -0.0000000592. The van der Waals surface area contributed by atoms with Gasteiger partial charge >= 0.3 is 119 Å². The van der Waals surface area contributed by atoms with E-state index in [1.807, 2.05) is 19.2 Å². The number of hydrogen-bond acceptors (Lipinski definition) is 10. The molecule has 0 aromatic heterocycles. The third-order valence-corrected chi connectivity index (χ3v) is 3.25. The predicted molar refractivity (Wildman–Crippen MR) is 82.4 cm³/mol. The average molecular weight is 547 g/mol. The van der Waals surface area contributed by atoms with Gasteiger partial charge in [0, 0.05) is 0 Å². The Morgan fingerprint density at radius 3 is 1.24 bits per heavy atom. The number of rotatable bonds is 3. The molecule has 0 spiro atoms. The Labute approximate surface area is 242 Å². The quantitative estimate of drug-likeness (QED) is 0.193. The van der Waals surface area contributed by atoms with Crippen molar-refractivity contribution in [1.82, 2.24) is 5.32 Å². The van der Waals surface area contributed by atoms with Crippen molar-refractivity contribution in [3.05, 3.63) is 0 Å². The standard InChI is InChI=1S/C7H13BrN2O2.3Ca.2H3O4P/c1-3-7(8,4-2)5(11)10-6(9)12;;;;2*1-5(2,3)4/h3-4H2,1-2H3,(H3,9,10,11,12);;;;2*(H3,1,2,3,4)/q;3*+2;;/p-6. The Bertz CT molecular complexity index is 419. The van der Waals surface area contributed by atoms with Crippen LogP contribution in [0, 0.1) is 0 Å². The SMILES string of the molecule is CCC(Br)(CC)C(=O)NC(N)=O.O=P([O-])([O-])[O-].O=P([O-])([O-])[O-].[Ca+2].[Ca+2].[Ca+2]. The molecule has 0 fully saturated rings. The fourth-order valence-electron chi connectivity index (χ4n) is 0.795. The zero-order valence-corrected chi connectivity index (χ0v) is 23.5. The van der Waals surface area contributed by atoms with Crippen molar-refractivity contribution >= 4 is 157 Å². The first-order valence-electron chi connectivity index (χ1n) is 5.22. The molecule has 0 aliphatic rings. The number of amides is 3. The fraction of sp³-hybridized carbons (Fsp3) is 0.714. The molecule has 12 nitrogen and oxygen atoms in total. The molecule has 0 rings (SSSR count). The van der Waals surface area contributed by atoms with Gasteiger partial charge in [0.2, 0.25) is 5.91 Å². The van der Waals surface area contributed by atoms with Crippen LogP contribution in [0.25, 0.3) is 0 Å². The van der Waals surface area contributed by atoms with Crippen molar-refractivity contribution in [2.24, 2.45) is 5.73 Å². The third-order valence-electron chi connectivity index (χ3n) is 1.76. The number of nitrogens with two attached hydrogens (primary N) is 1. The van der Waals surface area contributed by atoms with Crippen LogP contribution in [0.2, 0.25) is 0 Å². The number of hydrogen-bond donors (Lipinski definition) is 2. The summed E-state index contributed by atoms with van der Waals surface area (Å²) in [6.07, 6.45) is 1.23. The summed E-state index contributed by atoms with van der Waals surface area (Å²) in [6, 6.07) is -0.814. The summed E-state index contributed by atoms with van der Waals surface area (Å²) in [7, 11) is -10.8. The minimum absolute atomic E-state index is 0. The molecule has 0 heterocycles. The van der Waals surface area contributed by atoms with Crippen molar-refractivity contribution in [3.8, 4) is 0 Å². The first-order valence-corrected chi connectivity index (χ1v) is 8.93. The van der Waals surface area contributed by atoms with E-state index in [0.717, 1.165) is 0 Å². The van der Waals surface area contributed by atoms with Crippen molar-refractivity contribution in [2.45, 2.75) is 31.0 Å². The van der Waals surface area contributed by atoms with Gasteiger partial charge < -0.3 is 44.2 Å². The number of primary amides is 1. The molecule has 0 saturated heterocycles. The first kappa shape index (κ1) is 42.5. The molecule has 134 valence electrons. The molecule has 0 atom stereocenters. The molecular weight excluding hydrogens is 534 g/mol. The average Bonchev–Trinajstić information content (AvgIpc) is 2.22. The minimum Gasteiger partial charge on any atom is -0.822 e. The summed E-state index contributed by atoms with van der Waals surface area (Å²) in [4.78, 5) is 72.9. The van der Waals surface area contributed by atoms with Gasteiger partial charge in [-0.3, -0.25) is 10.1 Å². The molecule has 0 aromatic rings. The van der Waals surface area contributed by atoms with Crippen molar-refractivity contribution in [2.75, 3.05) is 0 Å². The van der Waals surface area contributed by atoms with Gasteiger partial charge in [0.15, 0.2) is 0 Å². The number of carbonyl (C=O) groups is 2. The van der Waals surface area contributed by atoms with Gasteiger partial charge in [-0.1, -0.05) is 29.8 Å². The number of imide groups is 1. The maximum Gasteiger partial charge on any atom is 2.00 e. The largest absolute Gasteiger partial charge is 2.00 e. The number of phosphoric acid groups is 2. The molecule has 3 N–H and O–H groups in total. The topological polar surface area (TPSA) is 245 Å². The zero-order valence-electron chi connectivity index (χ0n) is 13.5. The van der Waals surface area contributed by atoms with Crippen molar-refractivity contribution in [1.29, 1.82) is 0 Å². The van der Waals surface area contributed by atoms with Gasteiger partial charge in [-0.25, -0.2) is 4.79 Å². The fourth-order valence-corrected chi connectivity index (χ4v) is 0.894. The third kappa shape index (κ3) is 47.0. The van der Waals surface area contributed by atoms with Gasteiger partial charge in [0.25, 0.3) is 0 Å². The number of alkyl halides is 1. The summed E-state index contributed by atoms with van der Waals surface area (Å²) in [5.41, 5.74) is 4.81. The smallest absolute Gasteiger partial charge is 0.822 e. The molecule has 0 unspecified atom stereocenters. The number of urea groups is 1. The van der Waals surface area contributed by atoms with Gasteiger partial charge in [0.05, 0.1) is 0 Å². The molecule has 0 aromatic carbocycles. The number of halogens is 1. The van der Waals surface area contributed by atoms with E-state index in [1.165, 1.54) is 0 Å². The molecule has 3 amide bonds. The second kappa shape index (κ2) is 20.7. The molecule has 0 bridgehead atoms. The van der Waals surface area contributed by atoms with Crippen LogP contribution >= 0.6 is 31.6 Å². The van der Waals surface area contributed by atoms with Crippen molar-refractivity contribution < 1.29 is 48.1 Å².